The summed E-state index contributed by atoms with van der Waals surface area (Å²) in [5.41, 5.74) is 3.47. The van der Waals surface area contributed by atoms with Gasteiger partial charge in [0.15, 0.2) is 9.84 Å². The fourth-order valence-electron chi connectivity index (χ4n) is 3.73. The van der Waals surface area contributed by atoms with Crippen LogP contribution in [-0.2, 0) is 9.84 Å². The molecule has 0 atom stereocenters. The fraction of sp³-hybridized carbons (Fsp3) is 0.550. The summed E-state index contributed by atoms with van der Waals surface area (Å²) in [5, 5.41) is 0.463. The van der Waals surface area contributed by atoms with Gasteiger partial charge in [-0.2, -0.15) is 0 Å². The van der Waals surface area contributed by atoms with Crippen molar-refractivity contribution in [3.8, 4) is 0 Å². The number of rotatable bonds is 5. The maximum atomic E-state index is 12.1. The molecule has 136 valence electrons. The lowest BCUT2D eigenvalue weighted by Gasteiger charge is -2.29. The van der Waals surface area contributed by atoms with E-state index < -0.39 is 9.84 Å². The third-order valence-electron chi connectivity index (χ3n) is 5.43. The average molecular weight is 380 g/mol. The van der Waals surface area contributed by atoms with E-state index in [0.717, 1.165) is 48.5 Å². The molecule has 1 aromatic rings. The van der Waals surface area contributed by atoms with Gasteiger partial charge >= 0.3 is 0 Å². The molecule has 0 N–H and O–H groups in total. The van der Waals surface area contributed by atoms with Crippen LogP contribution < -0.4 is 0 Å². The normalized spacial score (nSPS) is 24.3. The molecule has 1 saturated carbocycles. The summed E-state index contributed by atoms with van der Waals surface area (Å²) < 4.78 is 24.2. The first-order valence-electron chi connectivity index (χ1n) is 9.07. The molecule has 0 aromatic heterocycles. The van der Waals surface area contributed by atoms with Crippen molar-refractivity contribution in [2.45, 2.75) is 44.8 Å². The molecule has 0 unspecified atom stereocenters. The minimum atomic E-state index is -2.93. The smallest absolute Gasteiger partial charge is 0.152 e. The third kappa shape index (κ3) is 4.53. The van der Waals surface area contributed by atoms with Crippen molar-refractivity contribution in [2.24, 2.45) is 16.8 Å². The molecule has 0 bridgehead atoms. The zero-order valence-electron chi connectivity index (χ0n) is 14.9. The minimum Gasteiger partial charge on any atom is -0.280 e. The molecule has 1 fully saturated rings. The number of benzene rings is 1. The van der Waals surface area contributed by atoms with Crippen LogP contribution >= 0.6 is 11.6 Å². The molecular weight excluding hydrogens is 354 g/mol. The van der Waals surface area contributed by atoms with Gasteiger partial charge in [-0.25, -0.2) is 8.42 Å². The highest BCUT2D eigenvalue weighted by molar-refractivity contribution is 7.91. The van der Waals surface area contributed by atoms with Crippen LogP contribution in [0.5, 0.6) is 0 Å². The lowest BCUT2D eigenvalue weighted by atomic mass is 9.79. The van der Waals surface area contributed by atoms with Crippen molar-refractivity contribution < 1.29 is 8.42 Å². The quantitative estimate of drug-likeness (QED) is 0.744. The van der Waals surface area contributed by atoms with Crippen LogP contribution in [0.15, 0.2) is 40.9 Å². The molecule has 3 rings (SSSR count). The molecule has 1 heterocycles. The highest BCUT2D eigenvalue weighted by Crippen LogP contribution is 2.36. The second kappa shape index (κ2) is 7.63. The predicted octanol–water partition coefficient (Wildman–Crippen LogP) is 4.70. The topological polar surface area (TPSA) is 46.5 Å². The lowest BCUT2D eigenvalue weighted by molar-refractivity contribution is 0.320. The number of allylic oxidation sites excluding steroid dienone is 1. The summed E-state index contributed by atoms with van der Waals surface area (Å²) in [5.74, 6) is 1.21. The van der Waals surface area contributed by atoms with Crippen molar-refractivity contribution in [1.29, 1.82) is 0 Å². The van der Waals surface area contributed by atoms with E-state index >= 15 is 0 Å². The van der Waals surface area contributed by atoms with Crippen LogP contribution in [0, 0.1) is 11.8 Å². The highest BCUT2D eigenvalue weighted by atomic mass is 35.5. The number of sulfone groups is 1. The van der Waals surface area contributed by atoms with Crippen LogP contribution in [0.1, 0.15) is 45.1 Å². The van der Waals surface area contributed by atoms with Crippen LogP contribution in [0.25, 0.3) is 0 Å². The minimum absolute atomic E-state index is 0.267. The van der Waals surface area contributed by atoms with Gasteiger partial charge in [-0.15, -0.1) is 0 Å². The Morgan fingerprint density at radius 2 is 1.92 bits per heavy atom. The first kappa shape index (κ1) is 18.7. The zero-order valence-corrected chi connectivity index (χ0v) is 16.5. The average Bonchev–Trinajstić information content (AvgIpc) is 3.05. The summed E-state index contributed by atoms with van der Waals surface area (Å²) >= 11 is 6.07. The Morgan fingerprint density at radius 3 is 2.56 bits per heavy atom. The molecule has 1 aliphatic heterocycles. The Bertz CT molecular complexity index is 788. The Hall–Kier alpha value is -1.13. The maximum absolute atomic E-state index is 12.1. The summed E-state index contributed by atoms with van der Waals surface area (Å²) in [4.78, 5) is 4.67. The van der Waals surface area contributed by atoms with Gasteiger partial charge < -0.3 is 0 Å². The maximum Gasteiger partial charge on any atom is 0.152 e. The standard InChI is InChI=1S/C20H26ClNO2S/c1-14(2)25(23,24)13-15-6-8-16(9-7-15)18-11-20(22-12-18)17-4-3-5-19(21)10-17/h3-5,10-11,14-16H,6-9,12-13H2,1-2H3. The SMILES string of the molecule is CC(C)S(=O)(=O)CC1CCC(C2=CC(c3cccc(Cl)c3)=NC2)CC1. The van der Waals surface area contributed by atoms with Crippen molar-refractivity contribution in [3.05, 3.63) is 46.5 Å². The molecular formula is C20H26ClNO2S. The molecule has 0 saturated heterocycles. The Morgan fingerprint density at radius 1 is 1.20 bits per heavy atom. The zero-order chi connectivity index (χ0) is 18.0. The van der Waals surface area contributed by atoms with Crippen LogP contribution in [0.3, 0.4) is 0 Å². The second-order valence-electron chi connectivity index (χ2n) is 7.53. The third-order valence-corrected chi connectivity index (χ3v) is 8.04. The second-order valence-corrected chi connectivity index (χ2v) is 10.6. The number of hydrogen-bond donors (Lipinski definition) is 0. The molecule has 25 heavy (non-hydrogen) atoms. The van der Waals surface area contributed by atoms with Gasteiger partial charge in [-0.3, -0.25) is 4.99 Å². The summed E-state index contributed by atoms with van der Waals surface area (Å²) in [6.45, 7) is 4.32. The molecule has 2 aliphatic rings. The van der Waals surface area contributed by atoms with Gasteiger partial charge in [0, 0.05) is 10.6 Å². The first-order chi connectivity index (χ1) is 11.8. The van der Waals surface area contributed by atoms with E-state index in [4.69, 9.17) is 11.6 Å². The molecule has 0 amide bonds. The van der Waals surface area contributed by atoms with E-state index in [2.05, 4.69) is 11.1 Å². The summed E-state index contributed by atoms with van der Waals surface area (Å²) in [6.07, 6.45) is 6.35. The number of nitrogens with zero attached hydrogens (tertiary/aromatic N) is 1. The number of halogens is 1. The van der Waals surface area contributed by atoms with Crippen molar-refractivity contribution >= 4 is 27.1 Å². The van der Waals surface area contributed by atoms with Gasteiger partial charge in [-0.1, -0.05) is 23.7 Å². The van der Waals surface area contributed by atoms with Crippen molar-refractivity contribution in [1.82, 2.24) is 0 Å². The fourth-order valence-corrected chi connectivity index (χ4v) is 5.30. The van der Waals surface area contributed by atoms with Gasteiger partial charge in [0.05, 0.1) is 23.3 Å². The molecule has 5 heteroatoms. The summed E-state index contributed by atoms with van der Waals surface area (Å²) in [7, 11) is -2.93. The van der Waals surface area contributed by atoms with E-state index in [1.54, 1.807) is 13.8 Å². The molecule has 1 aliphatic carbocycles. The van der Waals surface area contributed by atoms with Gasteiger partial charge in [0.25, 0.3) is 0 Å². The Balaban J connectivity index is 1.58. The Kier molecular flexibility index (Phi) is 5.69. The van der Waals surface area contributed by atoms with Gasteiger partial charge in [-0.05, 0) is 75.1 Å². The van der Waals surface area contributed by atoms with E-state index in [0.29, 0.717) is 17.6 Å². The molecule has 0 radical (unpaired) electrons. The summed E-state index contributed by atoms with van der Waals surface area (Å²) in [6, 6.07) is 7.81. The van der Waals surface area contributed by atoms with E-state index in [9.17, 15) is 8.42 Å². The van der Waals surface area contributed by atoms with Gasteiger partial charge in [0.2, 0.25) is 0 Å². The van der Waals surface area contributed by atoms with Gasteiger partial charge in [0.1, 0.15) is 0 Å². The van der Waals surface area contributed by atoms with Crippen molar-refractivity contribution in [3.63, 3.8) is 0 Å². The monoisotopic (exact) mass is 379 g/mol. The van der Waals surface area contributed by atoms with Crippen LogP contribution in [-0.4, -0.2) is 31.7 Å². The van der Waals surface area contributed by atoms with E-state index in [1.165, 1.54) is 5.57 Å². The highest BCUT2D eigenvalue weighted by Gasteiger charge is 2.29. The molecule has 3 nitrogen and oxygen atoms in total. The number of aliphatic imine (C=N–C) groups is 1. The first-order valence-corrected chi connectivity index (χ1v) is 11.2. The molecule has 0 spiro atoms. The molecule has 1 aromatic carbocycles. The largest absolute Gasteiger partial charge is 0.280 e. The Labute approximate surface area is 156 Å². The van der Waals surface area contributed by atoms with Crippen LogP contribution in [0.2, 0.25) is 5.02 Å². The van der Waals surface area contributed by atoms with Crippen LogP contribution in [0.4, 0.5) is 0 Å². The number of hydrogen-bond acceptors (Lipinski definition) is 3. The van der Waals surface area contributed by atoms with Crippen molar-refractivity contribution in [2.75, 3.05) is 12.3 Å². The predicted molar refractivity (Wildman–Crippen MR) is 105 cm³/mol. The van der Waals surface area contributed by atoms with E-state index in [1.807, 2.05) is 24.3 Å². The lowest BCUT2D eigenvalue weighted by Crippen LogP contribution is -2.27. The van der Waals surface area contributed by atoms with E-state index in [-0.39, 0.29) is 5.25 Å².